The third-order valence-corrected chi connectivity index (χ3v) is 8.68. The summed E-state index contributed by atoms with van der Waals surface area (Å²) < 4.78 is 4.79. The zero-order valence-electron chi connectivity index (χ0n) is 22.9. The molecule has 2 heteroatoms. The molecule has 2 aromatic heterocycles. The molecule has 42 heavy (non-hydrogen) atoms. The van der Waals surface area contributed by atoms with Crippen molar-refractivity contribution in [2.24, 2.45) is 0 Å². The minimum Gasteiger partial charge on any atom is -0.315 e. The third kappa shape index (κ3) is 3.33. The first kappa shape index (κ1) is 23.1. The summed E-state index contributed by atoms with van der Waals surface area (Å²) in [6.45, 7) is 0. The summed E-state index contributed by atoms with van der Waals surface area (Å²) in [6, 6.07) is 55.0. The zero-order chi connectivity index (χ0) is 27.6. The van der Waals surface area contributed by atoms with Crippen LogP contribution in [-0.2, 0) is 0 Å². The third-order valence-electron chi connectivity index (χ3n) is 8.68. The van der Waals surface area contributed by atoms with Gasteiger partial charge in [-0.05, 0) is 75.1 Å². The zero-order valence-corrected chi connectivity index (χ0v) is 22.9. The molecule has 0 aliphatic rings. The SMILES string of the molecule is c1ccc(-n2c3ccccc3c3ccc4ccn(-c5cccc(-c6c7ccccc7cc7ccccc67)c5)c4c32)cc1. The highest BCUT2D eigenvalue weighted by atomic mass is 15.0. The molecule has 9 rings (SSSR count). The molecule has 2 heterocycles. The summed E-state index contributed by atoms with van der Waals surface area (Å²) in [7, 11) is 0. The van der Waals surface area contributed by atoms with E-state index in [1.807, 2.05) is 0 Å². The van der Waals surface area contributed by atoms with Crippen LogP contribution in [0.25, 0.3) is 76.8 Å². The molecule has 196 valence electrons. The van der Waals surface area contributed by atoms with Crippen LogP contribution in [0.2, 0.25) is 0 Å². The minimum atomic E-state index is 1.15. The Kier molecular flexibility index (Phi) is 4.93. The molecule has 0 saturated heterocycles. The van der Waals surface area contributed by atoms with Gasteiger partial charge in [0.2, 0.25) is 0 Å². The Bertz CT molecular complexity index is 2400. The van der Waals surface area contributed by atoms with Crippen LogP contribution in [0.5, 0.6) is 0 Å². The molecule has 0 unspecified atom stereocenters. The lowest BCUT2D eigenvalue weighted by atomic mass is 9.92. The van der Waals surface area contributed by atoms with Crippen LogP contribution in [0.1, 0.15) is 0 Å². The first-order valence-electron chi connectivity index (χ1n) is 14.5. The van der Waals surface area contributed by atoms with Gasteiger partial charge in [0, 0.05) is 33.7 Å². The number of hydrogen-bond acceptors (Lipinski definition) is 0. The number of fused-ring (bicyclic) bond motifs is 7. The highest BCUT2D eigenvalue weighted by Crippen LogP contribution is 2.40. The number of benzene rings is 7. The number of hydrogen-bond donors (Lipinski definition) is 0. The van der Waals surface area contributed by atoms with Gasteiger partial charge in [-0.15, -0.1) is 0 Å². The van der Waals surface area contributed by atoms with Gasteiger partial charge in [0.15, 0.2) is 0 Å². The topological polar surface area (TPSA) is 9.86 Å². The van der Waals surface area contributed by atoms with Gasteiger partial charge in [0.25, 0.3) is 0 Å². The fourth-order valence-corrected chi connectivity index (χ4v) is 6.87. The van der Waals surface area contributed by atoms with E-state index in [4.69, 9.17) is 0 Å². The molecule has 0 bridgehead atoms. The van der Waals surface area contributed by atoms with Crippen molar-refractivity contribution in [2.75, 3.05) is 0 Å². The molecule has 0 spiro atoms. The fraction of sp³-hybridized carbons (Fsp3) is 0. The van der Waals surface area contributed by atoms with Gasteiger partial charge < -0.3 is 9.13 Å². The summed E-state index contributed by atoms with van der Waals surface area (Å²) in [5, 5.41) is 8.83. The van der Waals surface area contributed by atoms with E-state index in [0.29, 0.717) is 0 Å². The molecule has 0 radical (unpaired) electrons. The van der Waals surface area contributed by atoms with E-state index in [1.54, 1.807) is 0 Å². The highest BCUT2D eigenvalue weighted by molar-refractivity contribution is 6.18. The van der Waals surface area contributed by atoms with Gasteiger partial charge in [-0.1, -0.05) is 109 Å². The maximum Gasteiger partial charge on any atom is 0.0788 e. The van der Waals surface area contributed by atoms with E-state index < -0.39 is 0 Å². The normalized spacial score (nSPS) is 11.8. The van der Waals surface area contributed by atoms with E-state index in [0.717, 1.165) is 5.69 Å². The molecule has 2 nitrogen and oxygen atoms in total. The van der Waals surface area contributed by atoms with Crippen molar-refractivity contribution in [1.29, 1.82) is 0 Å². The maximum absolute atomic E-state index is 2.42. The van der Waals surface area contributed by atoms with E-state index >= 15 is 0 Å². The molecule has 9 aromatic rings. The van der Waals surface area contributed by atoms with Gasteiger partial charge in [-0.2, -0.15) is 0 Å². The Morgan fingerprint density at radius 3 is 1.83 bits per heavy atom. The summed E-state index contributed by atoms with van der Waals surface area (Å²) in [4.78, 5) is 0. The molecule has 7 aromatic carbocycles. The first-order valence-corrected chi connectivity index (χ1v) is 14.5. The molecule has 0 fully saturated rings. The van der Waals surface area contributed by atoms with Gasteiger partial charge in [0.05, 0.1) is 16.6 Å². The number of aromatic nitrogens is 2. The molecular formula is C40H26N2. The highest BCUT2D eigenvalue weighted by Gasteiger charge is 2.18. The Hall–Kier alpha value is -5.60. The second kappa shape index (κ2) is 8.95. The average Bonchev–Trinajstić information content (AvgIpc) is 3.63. The lowest BCUT2D eigenvalue weighted by Crippen LogP contribution is -1.98. The van der Waals surface area contributed by atoms with Crippen LogP contribution in [0.4, 0.5) is 0 Å². The van der Waals surface area contributed by atoms with Crippen molar-refractivity contribution in [3.05, 3.63) is 158 Å². The summed E-state index contributed by atoms with van der Waals surface area (Å²) in [5.41, 5.74) is 8.48. The van der Waals surface area contributed by atoms with Gasteiger partial charge >= 0.3 is 0 Å². The molecule has 0 N–H and O–H groups in total. The summed E-state index contributed by atoms with van der Waals surface area (Å²) >= 11 is 0. The van der Waals surface area contributed by atoms with Crippen molar-refractivity contribution in [3.63, 3.8) is 0 Å². The molecule has 0 atom stereocenters. The van der Waals surface area contributed by atoms with Crippen molar-refractivity contribution in [2.45, 2.75) is 0 Å². The van der Waals surface area contributed by atoms with Crippen molar-refractivity contribution in [3.8, 4) is 22.5 Å². The van der Waals surface area contributed by atoms with Gasteiger partial charge in [-0.3, -0.25) is 0 Å². The Morgan fingerprint density at radius 2 is 1.05 bits per heavy atom. The molecular weight excluding hydrogens is 508 g/mol. The van der Waals surface area contributed by atoms with Crippen molar-refractivity contribution in [1.82, 2.24) is 9.13 Å². The summed E-state index contributed by atoms with van der Waals surface area (Å²) in [5.74, 6) is 0. The van der Waals surface area contributed by atoms with Crippen LogP contribution < -0.4 is 0 Å². The Labute approximate surface area is 243 Å². The second-order valence-corrected chi connectivity index (χ2v) is 11.0. The van der Waals surface area contributed by atoms with Crippen LogP contribution in [0.3, 0.4) is 0 Å². The van der Waals surface area contributed by atoms with Crippen LogP contribution in [-0.4, -0.2) is 9.13 Å². The van der Waals surface area contributed by atoms with Gasteiger partial charge in [0.1, 0.15) is 0 Å². The van der Waals surface area contributed by atoms with Crippen LogP contribution in [0, 0.1) is 0 Å². The maximum atomic E-state index is 2.42. The van der Waals surface area contributed by atoms with E-state index in [1.165, 1.54) is 71.1 Å². The predicted molar refractivity (Wildman–Crippen MR) is 178 cm³/mol. The van der Waals surface area contributed by atoms with E-state index in [2.05, 4.69) is 167 Å². The monoisotopic (exact) mass is 534 g/mol. The smallest absolute Gasteiger partial charge is 0.0788 e. The fourth-order valence-electron chi connectivity index (χ4n) is 6.87. The van der Waals surface area contributed by atoms with Crippen molar-refractivity contribution >= 4 is 54.3 Å². The molecule has 0 amide bonds. The molecule has 0 saturated carbocycles. The second-order valence-electron chi connectivity index (χ2n) is 11.0. The van der Waals surface area contributed by atoms with E-state index in [-0.39, 0.29) is 0 Å². The van der Waals surface area contributed by atoms with Crippen LogP contribution in [0.15, 0.2) is 158 Å². The summed E-state index contributed by atoms with van der Waals surface area (Å²) in [6.07, 6.45) is 2.22. The van der Waals surface area contributed by atoms with Gasteiger partial charge in [-0.25, -0.2) is 0 Å². The van der Waals surface area contributed by atoms with Crippen molar-refractivity contribution < 1.29 is 0 Å². The minimum absolute atomic E-state index is 1.15. The average molecular weight is 535 g/mol. The number of rotatable bonds is 3. The predicted octanol–water partition coefficient (Wildman–Crippen LogP) is 10.7. The van der Waals surface area contributed by atoms with Crippen LogP contribution >= 0.6 is 0 Å². The molecule has 0 aliphatic heterocycles. The molecule has 0 aliphatic carbocycles. The Morgan fingerprint density at radius 1 is 0.381 bits per heavy atom. The lowest BCUT2D eigenvalue weighted by molar-refractivity contribution is 1.12. The Balaban J connectivity index is 1.36. The quantitative estimate of drug-likeness (QED) is 0.200. The standard InChI is InChI=1S/C40H26N2/c1-2-14-31(15-3-1)42-37-20-9-8-19-35(37)36-22-21-27-23-24-41(39(27)40(36)42)32-16-10-13-30(26-32)38-33-17-6-4-11-28(33)25-29-12-5-7-18-34(29)38/h1-26H. The largest absolute Gasteiger partial charge is 0.315 e. The van der Waals surface area contributed by atoms with E-state index in [9.17, 15) is 0 Å². The first-order chi connectivity index (χ1) is 20.8. The number of nitrogens with zero attached hydrogens (tertiary/aromatic N) is 2. The number of para-hydroxylation sites is 2. The lowest BCUT2D eigenvalue weighted by Gasteiger charge is -2.15.